The minimum absolute atomic E-state index is 0.0901. The molecule has 0 spiro atoms. The number of carbonyl (C=O) groups is 2. The van der Waals surface area contributed by atoms with Gasteiger partial charge in [-0.1, -0.05) is 67.6 Å². The summed E-state index contributed by atoms with van der Waals surface area (Å²) >= 11 is 1.25. The molecule has 0 fully saturated rings. The number of aliphatic imine (C=N–C) groups is 1. The van der Waals surface area contributed by atoms with Crippen molar-refractivity contribution in [2.24, 2.45) is 4.99 Å². The lowest BCUT2D eigenvalue weighted by Crippen LogP contribution is -2.37. The Hall–Kier alpha value is -2.90. The Balaban J connectivity index is 1.84. The van der Waals surface area contributed by atoms with Crippen molar-refractivity contribution in [2.45, 2.75) is 39.7 Å². The molecule has 0 radical (unpaired) electrons. The number of amides is 2. The summed E-state index contributed by atoms with van der Waals surface area (Å²) in [6, 6.07) is 15.7. The number of anilines is 1. The minimum atomic E-state index is -0.206. The van der Waals surface area contributed by atoms with Crippen LogP contribution in [0.4, 0.5) is 5.69 Å². The third-order valence-corrected chi connectivity index (χ3v) is 6.12. The standard InChI is InChI=1S/C26H31N3O3S/c1-17(2)21-10-8-20(9-11-21)14-23-25(31)29(22-12-6-18(3)7-13-22)26(28-23)33-16-24(30)27-19(4)15-32-5/h6-14,17,19H,15-16H2,1-5H3,(H,27,30)/b23-14-. The Labute approximate surface area is 200 Å². The quantitative estimate of drug-likeness (QED) is 0.572. The fourth-order valence-corrected chi connectivity index (χ4v) is 4.21. The van der Waals surface area contributed by atoms with E-state index in [1.165, 1.54) is 17.3 Å². The molecule has 7 heteroatoms. The third-order valence-electron chi connectivity index (χ3n) is 5.18. The monoisotopic (exact) mass is 465 g/mol. The number of hydrogen-bond acceptors (Lipinski definition) is 5. The van der Waals surface area contributed by atoms with E-state index in [0.717, 1.165) is 16.8 Å². The molecule has 2 amide bonds. The zero-order valence-corrected chi connectivity index (χ0v) is 20.6. The number of methoxy groups -OCH3 is 1. The molecule has 174 valence electrons. The first-order valence-electron chi connectivity index (χ1n) is 11.0. The van der Waals surface area contributed by atoms with Crippen molar-refractivity contribution in [3.8, 4) is 0 Å². The van der Waals surface area contributed by atoms with E-state index < -0.39 is 0 Å². The zero-order chi connectivity index (χ0) is 24.0. The number of nitrogens with zero attached hydrogens (tertiary/aromatic N) is 2. The first kappa shape index (κ1) is 24.7. The van der Waals surface area contributed by atoms with Crippen LogP contribution in [-0.2, 0) is 14.3 Å². The molecule has 0 aliphatic carbocycles. The van der Waals surface area contributed by atoms with Gasteiger partial charge in [0, 0.05) is 13.2 Å². The summed E-state index contributed by atoms with van der Waals surface area (Å²) in [6.45, 7) is 8.61. The highest BCUT2D eigenvalue weighted by Gasteiger charge is 2.32. The zero-order valence-electron chi connectivity index (χ0n) is 19.8. The normalized spacial score (nSPS) is 15.8. The summed E-state index contributed by atoms with van der Waals surface area (Å²) in [6.07, 6.45) is 1.79. The number of rotatable bonds is 8. The topological polar surface area (TPSA) is 71.0 Å². The van der Waals surface area contributed by atoms with Crippen molar-refractivity contribution in [2.75, 3.05) is 24.4 Å². The van der Waals surface area contributed by atoms with Crippen molar-refractivity contribution in [3.05, 3.63) is 70.9 Å². The van der Waals surface area contributed by atoms with Gasteiger partial charge in [-0.25, -0.2) is 4.99 Å². The van der Waals surface area contributed by atoms with E-state index in [1.807, 2.05) is 50.2 Å². The van der Waals surface area contributed by atoms with Crippen LogP contribution in [0.3, 0.4) is 0 Å². The SMILES string of the molecule is COCC(C)NC(=O)CSC1=N/C(=C\c2ccc(C(C)C)cc2)C(=O)N1c1ccc(C)cc1. The van der Waals surface area contributed by atoms with Crippen molar-refractivity contribution >= 4 is 40.5 Å². The van der Waals surface area contributed by atoms with Crippen molar-refractivity contribution in [3.63, 3.8) is 0 Å². The van der Waals surface area contributed by atoms with Gasteiger partial charge in [-0.05, 0) is 49.1 Å². The summed E-state index contributed by atoms with van der Waals surface area (Å²) < 4.78 is 5.07. The van der Waals surface area contributed by atoms with Crippen LogP contribution < -0.4 is 10.2 Å². The summed E-state index contributed by atoms with van der Waals surface area (Å²) in [5.74, 6) is 0.252. The number of aryl methyl sites for hydroxylation is 1. The molecule has 1 atom stereocenters. The number of amidine groups is 1. The fourth-order valence-electron chi connectivity index (χ4n) is 3.39. The molecule has 3 rings (SSSR count). The molecule has 0 bridgehead atoms. The summed E-state index contributed by atoms with van der Waals surface area (Å²) in [7, 11) is 1.60. The Morgan fingerprint density at radius 1 is 1.12 bits per heavy atom. The summed E-state index contributed by atoms with van der Waals surface area (Å²) in [5.41, 5.74) is 4.33. The van der Waals surface area contributed by atoms with E-state index in [4.69, 9.17) is 4.74 Å². The highest BCUT2D eigenvalue weighted by Crippen LogP contribution is 2.30. The minimum Gasteiger partial charge on any atom is -0.383 e. The molecular weight excluding hydrogens is 434 g/mol. The molecule has 0 saturated carbocycles. The summed E-state index contributed by atoms with van der Waals surface area (Å²) in [4.78, 5) is 31.8. The average molecular weight is 466 g/mol. The number of thioether (sulfide) groups is 1. The lowest BCUT2D eigenvalue weighted by Gasteiger charge is -2.18. The van der Waals surface area contributed by atoms with E-state index in [0.29, 0.717) is 23.4 Å². The molecule has 0 aromatic heterocycles. The Morgan fingerprint density at radius 3 is 2.39 bits per heavy atom. The molecule has 0 saturated heterocycles. The lowest BCUT2D eigenvalue weighted by molar-refractivity contribution is -0.119. The molecule has 1 heterocycles. The second kappa shape index (κ2) is 11.3. The number of hydrogen-bond donors (Lipinski definition) is 1. The second-order valence-corrected chi connectivity index (χ2v) is 9.38. The van der Waals surface area contributed by atoms with Gasteiger partial charge in [0.2, 0.25) is 5.91 Å². The molecule has 1 aliphatic heterocycles. The molecule has 1 N–H and O–H groups in total. The summed E-state index contributed by atoms with van der Waals surface area (Å²) in [5, 5.41) is 3.37. The highest BCUT2D eigenvalue weighted by atomic mass is 32.2. The van der Waals surface area contributed by atoms with Gasteiger partial charge in [-0.3, -0.25) is 14.5 Å². The van der Waals surface area contributed by atoms with Crippen LogP contribution in [0, 0.1) is 6.92 Å². The molecular formula is C26H31N3O3S. The van der Waals surface area contributed by atoms with E-state index in [9.17, 15) is 9.59 Å². The van der Waals surface area contributed by atoms with Crippen molar-refractivity contribution < 1.29 is 14.3 Å². The largest absolute Gasteiger partial charge is 0.383 e. The third kappa shape index (κ3) is 6.55. The predicted molar refractivity (Wildman–Crippen MR) is 137 cm³/mol. The molecule has 2 aromatic rings. The lowest BCUT2D eigenvalue weighted by atomic mass is 10.0. The van der Waals surface area contributed by atoms with Gasteiger partial charge in [0.25, 0.3) is 5.91 Å². The van der Waals surface area contributed by atoms with Gasteiger partial charge in [0.1, 0.15) is 5.70 Å². The van der Waals surface area contributed by atoms with Crippen LogP contribution in [-0.4, -0.2) is 42.5 Å². The molecule has 33 heavy (non-hydrogen) atoms. The average Bonchev–Trinajstić information content (AvgIpc) is 3.08. The first-order valence-corrected chi connectivity index (χ1v) is 12.0. The van der Waals surface area contributed by atoms with E-state index in [2.05, 4.69) is 36.3 Å². The molecule has 6 nitrogen and oxygen atoms in total. The van der Waals surface area contributed by atoms with Crippen molar-refractivity contribution in [1.29, 1.82) is 0 Å². The first-order chi connectivity index (χ1) is 15.8. The van der Waals surface area contributed by atoms with Crippen LogP contribution >= 0.6 is 11.8 Å². The smallest absolute Gasteiger partial charge is 0.283 e. The van der Waals surface area contributed by atoms with Crippen LogP contribution in [0.15, 0.2) is 59.2 Å². The van der Waals surface area contributed by atoms with Gasteiger partial charge >= 0.3 is 0 Å². The maximum Gasteiger partial charge on any atom is 0.283 e. The second-order valence-electron chi connectivity index (χ2n) is 8.43. The molecule has 1 unspecified atom stereocenters. The van der Waals surface area contributed by atoms with E-state index in [-0.39, 0.29) is 23.6 Å². The fraction of sp³-hybridized carbons (Fsp3) is 0.346. The highest BCUT2D eigenvalue weighted by molar-refractivity contribution is 8.14. The Morgan fingerprint density at radius 2 is 1.79 bits per heavy atom. The number of benzene rings is 2. The van der Waals surface area contributed by atoms with Crippen LogP contribution in [0.25, 0.3) is 6.08 Å². The van der Waals surface area contributed by atoms with Crippen LogP contribution in [0.2, 0.25) is 0 Å². The van der Waals surface area contributed by atoms with Gasteiger partial charge < -0.3 is 10.1 Å². The number of ether oxygens (including phenoxy) is 1. The number of nitrogens with one attached hydrogen (secondary N) is 1. The molecule has 2 aromatic carbocycles. The maximum atomic E-state index is 13.3. The molecule has 1 aliphatic rings. The van der Waals surface area contributed by atoms with Gasteiger partial charge in [-0.2, -0.15) is 0 Å². The number of carbonyl (C=O) groups excluding carboxylic acids is 2. The predicted octanol–water partition coefficient (Wildman–Crippen LogP) is 4.75. The van der Waals surface area contributed by atoms with Crippen LogP contribution in [0.1, 0.15) is 43.4 Å². The van der Waals surface area contributed by atoms with Gasteiger partial charge in [0.15, 0.2) is 5.17 Å². The van der Waals surface area contributed by atoms with Gasteiger partial charge in [-0.15, -0.1) is 0 Å². The Bertz CT molecular complexity index is 1040. The van der Waals surface area contributed by atoms with E-state index >= 15 is 0 Å². The van der Waals surface area contributed by atoms with Crippen LogP contribution in [0.5, 0.6) is 0 Å². The van der Waals surface area contributed by atoms with Crippen molar-refractivity contribution in [1.82, 2.24) is 5.32 Å². The van der Waals surface area contributed by atoms with E-state index in [1.54, 1.807) is 18.1 Å². The van der Waals surface area contributed by atoms with Gasteiger partial charge in [0.05, 0.1) is 18.0 Å². The maximum absolute atomic E-state index is 13.3. The Kier molecular flexibility index (Phi) is 8.47.